The zero-order valence-corrected chi connectivity index (χ0v) is 14.2. The predicted molar refractivity (Wildman–Crippen MR) is 88.9 cm³/mol. The van der Waals surface area contributed by atoms with E-state index in [1.807, 2.05) is 6.20 Å². The Morgan fingerprint density at radius 2 is 2.26 bits per heavy atom. The molecule has 0 aliphatic carbocycles. The Labute approximate surface area is 139 Å². The molecule has 2 fully saturated rings. The molecule has 0 spiro atoms. The SMILES string of the molecule is Cc1nccn1CC1CCCN1CCCC1(C#N)CCOCC1. The van der Waals surface area contributed by atoms with E-state index in [1.54, 1.807) is 0 Å². The minimum Gasteiger partial charge on any atom is -0.381 e. The molecule has 5 heteroatoms. The average Bonchev–Trinajstić information content (AvgIpc) is 3.18. The lowest BCUT2D eigenvalue weighted by molar-refractivity contribution is 0.0347. The molecule has 1 unspecified atom stereocenters. The Bertz CT molecular complexity index is 541. The Hall–Kier alpha value is -1.38. The number of nitrogens with zero attached hydrogens (tertiary/aromatic N) is 4. The molecule has 2 aliphatic rings. The van der Waals surface area contributed by atoms with Crippen LogP contribution in [0.3, 0.4) is 0 Å². The Kier molecular flexibility index (Phi) is 5.34. The molecule has 5 nitrogen and oxygen atoms in total. The summed E-state index contributed by atoms with van der Waals surface area (Å²) in [7, 11) is 0. The van der Waals surface area contributed by atoms with Crippen LogP contribution in [0.2, 0.25) is 0 Å². The van der Waals surface area contributed by atoms with E-state index >= 15 is 0 Å². The Balaban J connectivity index is 1.49. The van der Waals surface area contributed by atoms with Crippen LogP contribution in [0.5, 0.6) is 0 Å². The van der Waals surface area contributed by atoms with Crippen LogP contribution in [0.1, 0.15) is 44.3 Å². The van der Waals surface area contributed by atoms with Crippen molar-refractivity contribution in [2.45, 2.75) is 58.0 Å². The fourth-order valence-electron chi connectivity index (χ4n) is 4.02. The third-order valence-corrected chi connectivity index (χ3v) is 5.62. The molecule has 1 aromatic rings. The third-order valence-electron chi connectivity index (χ3n) is 5.62. The monoisotopic (exact) mass is 316 g/mol. The van der Waals surface area contributed by atoms with Crippen molar-refractivity contribution in [3.63, 3.8) is 0 Å². The average molecular weight is 316 g/mol. The molecular weight excluding hydrogens is 288 g/mol. The number of aryl methyl sites for hydroxylation is 1. The zero-order valence-electron chi connectivity index (χ0n) is 14.2. The fourth-order valence-corrected chi connectivity index (χ4v) is 4.02. The number of ether oxygens (including phenoxy) is 1. The highest BCUT2D eigenvalue weighted by atomic mass is 16.5. The summed E-state index contributed by atoms with van der Waals surface area (Å²) in [5.41, 5.74) is -0.131. The standard InChI is InChI=1S/C18H28N4O/c1-16-20-8-11-22(16)14-17-4-2-9-21(17)10-3-5-18(15-19)6-12-23-13-7-18/h8,11,17H,2-7,9-10,12-14H2,1H3. The van der Waals surface area contributed by atoms with E-state index in [0.29, 0.717) is 6.04 Å². The largest absolute Gasteiger partial charge is 0.381 e. The van der Waals surface area contributed by atoms with Crippen molar-refractivity contribution < 1.29 is 4.74 Å². The molecule has 2 aliphatic heterocycles. The molecule has 23 heavy (non-hydrogen) atoms. The van der Waals surface area contributed by atoms with Crippen LogP contribution in [-0.2, 0) is 11.3 Å². The normalized spacial score (nSPS) is 24.6. The number of hydrogen-bond donors (Lipinski definition) is 0. The zero-order chi connectivity index (χ0) is 16.1. The first-order valence-electron chi connectivity index (χ1n) is 8.93. The van der Waals surface area contributed by atoms with Gasteiger partial charge in [0, 0.05) is 38.2 Å². The summed E-state index contributed by atoms with van der Waals surface area (Å²) in [5.74, 6) is 1.10. The molecule has 0 amide bonds. The van der Waals surface area contributed by atoms with Gasteiger partial charge in [-0.15, -0.1) is 0 Å². The number of imidazole rings is 1. The molecule has 1 atom stereocenters. The quantitative estimate of drug-likeness (QED) is 0.810. The van der Waals surface area contributed by atoms with Crippen molar-refractivity contribution in [3.05, 3.63) is 18.2 Å². The number of nitriles is 1. The van der Waals surface area contributed by atoms with E-state index in [-0.39, 0.29) is 5.41 Å². The summed E-state index contributed by atoms with van der Waals surface area (Å²) < 4.78 is 7.69. The number of likely N-dealkylation sites (tertiary alicyclic amines) is 1. The molecule has 0 radical (unpaired) electrons. The lowest BCUT2D eigenvalue weighted by Gasteiger charge is -2.32. The highest BCUT2D eigenvalue weighted by molar-refractivity contribution is 5.00. The van der Waals surface area contributed by atoms with E-state index in [1.165, 1.54) is 19.4 Å². The third kappa shape index (κ3) is 3.94. The molecule has 126 valence electrons. The van der Waals surface area contributed by atoms with E-state index in [0.717, 1.165) is 57.8 Å². The Morgan fingerprint density at radius 1 is 1.43 bits per heavy atom. The highest BCUT2D eigenvalue weighted by Gasteiger charge is 2.33. The second-order valence-electron chi connectivity index (χ2n) is 7.07. The maximum atomic E-state index is 9.56. The minimum absolute atomic E-state index is 0.131. The van der Waals surface area contributed by atoms with Gasteiger partial charge in [0.2, 0.25) is 0 Å². The molecule has 0 aromatic carbocycles. The van der Waals surface area contributed by atoms with Crippen LogP contribution in [0, 0.1) is 23.7 Å². The molecule has 1 aromatic heterocycles. The van der Waals surface area contributed by atoms with Gasteiger partial charge in [0.25, 0.3) is 0 Å². The van der Waals surface area contributed by atoms with Gasteiger partial charge >= 0.3 is 0 Å². The van der Waals surface area contributed by atoms with E-state index in [2.05, 4.69) is 33.6 Å². The van der Waals surface area contributed by atoms with Crippen LogP contribution in [-0.4, -0.2) is 46.8 Å². The van der Waals surface area contributed by atoms with Crippen LogP contribution in [0.4, 0.5) is 0 Å². The van der Waals surface area contributed by atoms with Crippen molar-refractivity contribution in [2.24, 2.45) is 5.41 Å². The molecule has 0 N–H and O–H groups in total. The van der Waals surface area contributed by atoms with Gasteiger partial charge in [0.1, 0.15) is 5.82 Å². The molecule has 3 heterocycles. The molecule has 0 saturated carbocycles. The summed E-state index contributed by atoms with van der Waals surface area (Å²) in [5, 5.41) is 9.56. The van der Waals surface area contributed by atoms with Crippen LogP contribution < -0.4 is 0 Å². The van der Waals surface area contributed by atoms with Crippen molar-refractivity contribution in [2.75, 3.05) is 26.3 Å². The van der Waals surface area contributed by atoms with Crippen molar-refractivity contribution in [1.82, 2.24) is 14.5 Å². The van der Waals surface area contributed by atoms with Crippen LogP contribution >= 0.6 is 0 Å². The maximum Gasteiger partial charge on any atom is 0.105 e. The lowest BCUT2D eigenvalue weighted by Crippen LogP contribution is -2.35. The summed E-state index contributed by atoms with van der Waals surface area (Å²) in [6, 6.07) is 3.21. The molecular formula is C18H28N4O. The smallest absolute Gasteiger partial charge is 0.105 e. The highest BCUT2D eigenvalue weighted by Crippen LogP contribution is 2.35. The molecule has 2 saturated heterocycles. The minimum atomic E-state index is -0.131. The fraction of sp³-hybridized carbons (Fsp3) is 0.778. The number of aromatic nitrogens is 2. The summed E-state index contributed by atoms with van der Waals surface area (Å²) in [6.45, 7) is 6.92. The molecule has 0 bridgehead atoms. The number of hydrogen-bond acceptors (Lipinski definition) is 4. The van der Waals surface area contributed by atoms with Gasteiger partial charge < -0.3 is 9.30 Å². The van der Waals surface area contributed by atoms with Gasteiger partial charge in [-0.1, -0.05) is 0 Å². The topological polar surface area (TPSA) is 54.1 Å². The van der Waals surface area contributed by atoms with Crippen molar-refractivity contribution in [1.29, 1.82) is 5.26 Å². The van der Waals surface area contributed by atoms with Crippen molar-refractivity contribution in [3.8, 4) is 6.07 Å². The van der Waals surface area contributed by atoms with Gasteiger partial charge in [-0.3, -0.25) is 4.90 Å². The van der Waals surface area contributed by atoms with Gasteiger partial charge in [0.05, 0.1) is 11.5 Å². The van der Waals surface area contributed by atoms with Gasteiger partial charge in [0.15, 0.2) is 0 Å². The van der Waals surface area contributed by atoms with Gasteiger partial charge in [-0.25, -0.2) is 4.98 Å². The first-order valence-corrected chi connectivity index (χ1v) is 8.93. The van der Waals surface area contributed by atoms with E-state index < -0.39 is 0 Å². The predicted octanol–water partition coefficient (Wildman–Crippen LogP) is 2.76. The summed E-state index contributed by atoms with van der Waals surface area (Å²) in [6.07, 6.45) is 10.5. The van der Waals surface area contributed by atoms with Crippen LogP contribution in [0.25, 0.3) is 0 Å². The summed E-state index contributed by atoms with van der Waals surface area (Å²) >= 11 is 0. The second kappa shape index (κ2) is 7.46. The van der Waals surface area contributed by atoms with E-state index in [4.69, 9.17) is 4.74 Å². The number of rotatable bonds is 6. The Morgan fingerprint density at radius 3 is 2.96 bits per heavy atom. The summed E-state index contributed by atoms with van der Waals surface area (Å²) in [4.78, 5) is 6.94. The van der Waals surface area contributed by atoms with Gasteiger partial charge in [-0.05, 0) is 58.5 Å². The molecule has 3 rings (SSSR count). The first-order chi connectivity index (χ1) is 11.2. The van der Waals surface area contributed by atoms with E-state index in [9.17, 15) is 5.26 Å². The van der Waals surface area contributed by atoms with Gasteiger partial charge in [-0.2, -0.15) is 5.26 Å². The van der Waals surface area contributed by atoms with Crippen molar-refractivity contribution >= 4 is 0 Å². The lowest BCUT2D eigenvalue weighted by atomic mass is 9.78. The first kappa shape index (κ1) is 16.5. The van der Waals surface area contributed by atoms with Crippen LogP contribution in [0.15, 0.2) is 12.4 Å². The maximum absolute atomic E-state index is 9.56. The second-order valence-corrected chi connectivity index (χ2v) is 7.07.